The van der Waals surface area contributed by atoms with Crippen LogP contribution < -0.4 is 0 Å². The average Bonchev–Trinajstić information content (AvgIpc) is 2.87. The van der Waals surface area contributed by atoms with Crippen molar-refractivity contribution in [3.8, 4) is 34.8 Å². The van der Waals surface area contributed by atoms with Gasteiger partial charge in [-0.25, -0.2) is 22.0 Å². The molecule has 8 heteroatoms. The van der Waals surface area contributed by atoms with Gasteiger partial charge in [-0.15, -0.1) is 0 Å². The first-order valence-corrected chi connectivity index (χ1v) is 12.6. The minimum absolute atomic E-state index is 0.0316. The summed E-state index contributed by atoms with van der Waals surface area (Å²) in [5.74, 6) is 2.83. The van der Waals surface area contributed by atoms with E-state index in [1.807, 2.05) is 0 Å². The molecule has 0 aliphatic heterocycles. The average molecular weight is 556 g/mol. The lowest BCUT2D eigenvalue weighted by atomic mass is 9.83. The Bertz CT molecular complexity index is 1770. The van der Waals surface area contributed by atoms with Crippen molar-refractivity contribution >= 4 is 21.5 Å². The third-order valence-corrected chi connectivity index (χ3v) is 7.16. The molecule has 0 bridgehead atoms. The zero-order chi connectivity index (χ0) is 28.8. The van der Waals surface area contributed by atoms with E-state index in [1.54, 1.807) is 12.1 Å². The number of rotatable bonds is 1. The zero-order valence-electron chi connectivity index (χ0n) is 21.0. The van der Waals surface area contributed by atoms with Crippen LogP contribution >= 0.6 is 0 Å². The number of alkyl halides is 3. The van der Waals surface area contributed by atoms with Gasteiger partial charge in [0.2, 0.25) is 0 Å². The van der Waals surface area contributed by atoms with Crippen LogP contribution in [0.15, 0.2) is 42.5 Å². The maximum Gasteiger partial charge on any atom is 0.458 e. The van der Waals surface area contributed by atoms with Crippen molar-refractivity contribution in [1.82, 2.24) is 0 Å². The first-order valence-electron chi connectivity index (χ1n) is 12.6. The number of hydrogen-bond acceptors (Lipinski definition) is 0. The molecule has 1 fully saturated rings. The topological polar surface area (TPSA) is 0 Å². The highest BCUT2D eigenvalue weighted by atomic mass is 19.4. The minimum atomic E-state index is -5.02. The minimum Gasteiger partial charge on any atom is -0.206 e. The third kappa shape index (κ3) is 5.49. The van der Waals surface area contributed by atoms with Gasteiger partial charge in [-0.2, -0.15) is 13.2 Å². The van der Waals surface area contributed by atoms with Crippen LogP contribution in [0.2, 0.25) is 0 Å². The molecule has 1 aliphatic carbocycles. The van der Waals surface area contributed by atoms with Crippen molar-refractivity contribution in [2.75, 3.05) is 0 Å². The van der Waals surface area contributed by atoms with Gasteiger partial charge in [-0.1, -0.05) is 30.8 Å². The summed E-state index contributed by atoms with van der Waals surface area (Å²) in [6.07, 6.45) is -0.793. The van der Waals surface area contributed by atoms with E-state index in [1.165, 1.54) is 12.0 Å². The molecule has 4 aromatic carbocycles. The molecule has 1 aliphatic rings. The van der Waals surface area contributed by atoms with Gasteiger partial charge in [-0.3, -0.25) is 0 Å². The van der Waals surface area contributed by atoms with Gasteiger partial charge in [0.15, 0.2) is 5.82 Å². The summed E-state index contributed by atoms with van der Waals surface area (Å²) >= 11 is 0. The third-order valence-electron chi connectivity index (χ3n) is 7.16. The molecule has 0 atom stereocenters. The number of fused-ring (bicyclic) bond motifs is 2. The van der Waals surface area contributed by atoms with Crippen molar-refractivity contribution in [2.45, 2.75) is 38.8 Å². The smallest absolute Gasteiger partial charge is 0.206 e. The monoisotopic (exact) mass is 556 g/mol. The standard InChI is InChI=1S/C32H20F8/c1-17-2-4-18(5-3-17)6-7-19-8-9-23-20(12-19)14-26(34)28(30(23)36)22-13-21-15-25(33)24(10-11-32(38,39)40)31(37)29(21)27(35)16-22/h8-9,12-18H,2-5H2,1H3. The van der Waals surface area contributed by atoms with Crippen LogP contribution in [-0.4, -0.2) is 6.18 Å². The molecule has 40 heavy (non-hydrogen) atoms. The summed E-state index contributed by atoms with van der Waals surface area (Å²) in [4.78, 5) is 0. The fraction of sp³-hybridized carbons (Fsp3) is 0.250. The second-order valence-electron chi connectivity index (χ2n) is 10.1. The Kier molecular flexibility index (Phi) is 7.23. The summed E-state index contributed by atoms with van der Waals surface area (Å²) < 4.78 is 112. The zero-order valence-corrected chi connectivity index (χ0v) is 21.0. The molecule has 0 heterocycles. The molecule has 0 nitrogen and oxygen atoms in total. The Labute approximate surface area is 225 Å². The van der Waals surface area contributed by atoms with Crippen molar-refractivity contribution in [2.24, 2.45) is 11.8 Å². The molecular formula is C32H20F8. The van der Waals surface area contributed by atoms with E-state index in [0.717, 1.165) is 43.7 Å². The van der Waals surface area contributed by atoms with Crippen LogP contribution in [0.4, 0.5) is 35.1 Å². The molecule has 1 saturated carbocycles. The van der Waals surface area contributed by atoms with E-state index < -0.39 is 57.2 Å². The number of benzene rings is 4. The Morgan fingerprint density at radius 2 is 1.43 bits per heavy atom. The molecule has 5 rings (SSSR count). The molecule has 0 spiro atoms. The van der Waals surface area contributed by atoms with Gasteiger partial charge in [0.1, 0.15) is 23.3 Å². The maximum atomic E-state index is 15.6. The number of hydrogen-bond donors (Lipinski definition) is 0. The first-order chi connectivity index (χ1) is 18.9. The van der Waals surface area contributed by atoms with Crippen LogP contribution in [0.25, 0.3) is 32.7 Å². The fourth-order valence-corrected chi connectivity index (χ4v) is 5.07. The summed E-state index contributed by atoms with van der Waals surface area (Å²) in [7, 11) is 0. The van der Waals surface area contributed by atoms with Gasteiger partial charge >= 0.3 is 6.18 Å². The van der Waals surface area contributed by atoms with Crippen LogP contribution in [0, 0.1) is 64.6 Å². The lowest BCUT2D eigenvalue weighted by Crippen LogP contribution is -2.10. The predicted molar refractivity (Wildman–Crippen MR) is 138 cm³/mol. The van der Waals surface area contributed by atoms with E-state index >= 15 is 8.78 Å². The van der Waals surface area contributed by atoms with Crippen molar-refractivity contribution in [3.05, 3.63) is 82.7 Å². The molecule has 0 unspecified atom stereocenters. The summed E-state index contributed by atoms with van der Waals surface area (Å²) in [6, 6.07) is 7.83. The molecule has 4 aromatic rings. The van der Waals surface area contributed by atoms with Crippen LogP contribution in [0.3, 0.4) is 0 Å². The van der Waals surface area contributed by atoms with Crippen LogP contribution in [-0.2, 0) is 0 Å². The molecule has 204 valence electrons. The summed E-state index contributed by atoms with van der Waals surface area (Å²) in [5, 5.41) is -1.03. The van der Waals surface area contributed by atoms with E-state index in [-0.39, 0.29) is 22.3 Å². The predicted octanol–water partition coefficient (Wildman–Crippen LogP) is 9.45. The highest BCUT2D eigenvalue weighted by Gasteiger charge is 2.25. The van der Waals surface area contributed by atoms with E-state index in [2.05, 4.69) is 18.8 Å². The Balaban J connectivity index is 1.55. The second-order valence-corrected chi connectivity index (χ2v) is 10.1. The highest BCUT2D eigenvalue weighted by Crippen LogP contribution is 2.36. The van der Waals surface area contributed by atoms with Gasteiger partial charge in [-0.05, 0) is 84.3 Å². The normalized spacial score (nSPS) is 17.3. The first kappa shape index (κ1) is 27.5. The molecule has 0 amide bonds. The molecule has 0 N–H and O–H groups in total. The maximum absolute atomic E-state index is 15.6. The molecular weight excluding hydrogens is 536 g/mol. The second kappa shape index (κ2) is 10.5. The van der Waals surface area contributed by atoms with Gasteiger partial charge in [0, 0.05) is 22.8 Å². The summed E-state index contributed by atoms with van der Waals surface area (Å²) in [5.41, 5.74) is -1.64. The largest absolute Gasteiger partial charge is 0.458 e. The Morgan fingerprint density at radius 3 is 2.12 bits per heavy atom. The Hall–Kier alpha value is -4.04. The van der Waals surface area contributed by atoms with Gasteiger partial charge < -0.3 is 0 Å². The van der Waals surface area contributed by atoms with E-state index in [0.29, 0.717) is 23.6 Å². The van der Waals surface area contributed by atoms with Crippen LogP contribution in [0.5, 0.6) is 0 Å². The highest BCUT2D eigenvalue weighted by molar-refractivity contribution is 5.93. The van der Waals surface area contributed by atoms with Gasteiger partial charge in [0.25, 0.3) is 0 Å². The van der Waals surface area contributed by atoms with Crippen molar-refractivity contribution in [1.29, 1.82) is 0 Å². The lowest BCUT2D eigenvalue weighted by molar-refractivity contribution is -0.0696. The molecule has 0 aromatic heterocycles. The summed E-state index contributed by atoms with van der Waals surface area (Å²) in [6.45, 7) is 2.21. The van der Waals surface area contributed by atoms with Crippen molar-refractivity contribution in [3.63, 3.8) is 0 Å². The van der Waals surface area contributed by atoms with Gasteiger partial charge in [0.05, 0.1) is 16.5 Å². The molecule has 0 radical (unpaired) electrons. The van der Waals surface area contributed by atoms with E-state index in [4.69, 9.17) is 0 Å². The van der Waals surface area contributed by atoms with E-state index in [9.17, 15) is 26.3 Å². The SMILES string of the molecule is CC1CCC(C#Cc2ccc3c(F)c(-c4cc(F)c5c(F)c(C#CC(F)(F)F)c(F)cc5c4)c(F)cc3c2)CC1. The lowest BCUT2D eigenvalue weighted by Gasteiger charge is -2.21. The quantitative estimate of drug-likeness (QED) is 0.162. The number of halogens is 8. The Morgan fingerprint density at radius 1 is 0.725 bits per heavy atom. The van der Waals surface area contributed by atoms with Crippen LogP contribution in [0.1, 0.15) is 43.7 Å². The van der Waals surface area contributed by atoms with Crippen molar-refractivity contribution < 1.29 is 35.1 Å². The fourth-order valence-electron chi connectivity index (χ4n) is 5.07. The molecule has 0 saturated heterocycles.